The molecule has 2 aliphatic rings. The number of amides is 1. The number of hydrogen-bond donors (Lipinski definition) is 1. The number of aromatic nitrogens is 2. The molecule has 0 saturated heterocycles. The minimum atomic E-state index is -0.0216. The van der Waals surface area contributed by atoms with Crippen molar-refractivity contribution in [2.75, 3.05) is 11.9 Å². The van der Waals surface area contributed by atoms with Crippen LogP contribution in [0.15, 0.2) is 16.2 Å². The second kappa shape index (κ2) is 6.49. The Bertz CT molecular complexity index is 806. The molecular formula is C17H19N3O3S. The number of rotatable bonds is 3. The Morgan fingerprint density at radius 2 is 2.25 bits per heavy atom. The highest BCUT2D eigenvalue weighted by molar-refractivity contribution is 7.17. The predicted octanol–water partition coefficient (Wildman–Crippen LogP) is 3.62. The molecule has 0 saturated carbocycles. The SMILES string of the molecule is Cc1noc(-c2c(NC(=O)C3=CCCCC3)sc3c2CCOC3)n1. The van der Waals surface area contributed by atoms with Crippen molar-refractivity contribution in [3.05, 3.63) is 27.9 Å². The van der Waals surface area contributed by atoms with Crippen LogP contribution in [0.2, 0.25) is 0 Å². The molecule has 24 heavy (non-hydrogen) atoms. The lowest BCUT2D eigenvalue weighted by atomic mass is 9.99. The van der Waals surface area contributed by atoms with E-state index in [1.54, 1.807) is 18.3 Å². The number of carbonyl (C=O) groups excluding carboxylic acids is 1. The van der Waals surface area contributed by atoms with E-state index in [1.807, 2.05) is 6.08 Å². The van der Waals surface area contributed by atoms with Gasteiger partial charge in [0.25, 0.3) is 11.8 Å². The van der Waals surface area contributed by atoms with Crippen molar-refractivity contribution >= 4 is 22.2 Å². The van der Waals surface area contributed by atoms with Crippen LogP contribution >= 0.6 is 11.3 Å². The van der Waals surface area contributed by atoms with Gasteiger partial charge in [0.1, 0.15) is 5.00 Å². The second-order valence-corrected chi connectivity index (χ2v) is 7.19. The first-order chi connectivity index (χ1) is 11.7. The number of aryl methyl sites for hydroxylation is 1. The Morgan fingerprint density at radius 1 is 1.33 bits per heavy atom. The Kier molecular flexibility index (Phi) is 4.20. The highest BCUT2D eigenvalue weighted by Crippen LogP contribution is 2.42. The largest absolute Gasteiger partial charge is 0.376 e. The minimum absolute atomic E-state index is 0.0216. The van der Waals surface area contributed by atoms with Crippen LogP contribution in [0.3, 0.4) is 0 Å². The number of hydrogen-bond acceptors (Lipinski definition) is 6. The van der Waals surface area contributed by atoms with E-state index < -0.39 is 0 Å². The number of allylic oxidation sites excluding steroid dienone is 1. The van der Waals surface area contributed by atoms with Crippen LogP contribution in [0.1, 0.15) is 41.9 Å². The molecular weight excluding hydrogens is 326 g/mol. The molecule has 1 amide bonds. The third-order valence-electron chi connectivity index (χ3n) is 4.37. The lowest BCUT2D eigenvalue weighted by Crippen LogP contribution is -2.15. The maximum absolute atomic E-state index is 12.6. The van der Waals surface area contributed by atoms with E-state index >= 15 is 0 Å². The van der Waals surface area contributed by atoms with Gasteiger partial charge in [-0.15, -0.1) is 11.3 Å². The summed E-state index contributed by atoms with van der Waals surface area (Å²) in [6.07, 6.45) is 6.90. The Labute approximate surface area is 143 Å². The number of thiophene rings is 1. The van der Waals surface area contributed by atoms with Gasteiger partial charge in [0, 0.05) is 10.5 Å². The average molecular weight is 345 g/mol. The van der Waals surface area contributed by atoms with Crippen LogP contribution in [-0.2, 0) is 22.6 Å². The summed E-state index contributed by atoms with van der Waals surface area (Å²) < 4.78 is 10.9. The fraction of sp³-hybridized carbons (Fsp3) is 0.471. The highest BCUT2D eigenvalue weighted by Gasteiger charge is 2.27. The molecule has 0 unspecified atom stereocenters. The lowest BCUT2D eigenvalue weighted by Gasteiger charge is -2.13. The molecule has 0 aromatic carbocycles. The fourth-order valence-corrected chi connectivity index (χ4v) is 4.35. The van der Waals surface area contributed by atoms with Gasteiger partial charge in [-0.2, -0.15) is 4.98 Å². The van der Waals surface area contributed by atoms with Gasteiger partial charge in [-0.1, -0.05) is 11.2 Å². The molecule has 0 bridgehead atoms. The third-order valence-corrected chi connectivity index (χ3v) is 5.49. The molecule has 0 fully saturated rings. The zero-order valence-electron chi connectivity index (χ0n) is 13.6. The average Bonchev–Trinajstić information content (AvgIpc) is 3.18. The van der Waals surface area contributed by atoms with Crippen LogP contribution in [0, 0.1) is 6.92 Å². The Morgan fingerprint density at radius 3 is 3.00 bits per heavy atom. The first kappa shape index (κ1) is 15.5. The van der Waals surface area contributed by atoms with Crippen molar-refractivity contribution in [1.82, 2.24) is 10.1 Å². The number of nitrogens with one attached hydrogen (secondary N) is 1. The van der Waals surface area contributed by atoms with Gasteiger partial charge >= 0.3 is 0 Å². The second-order valence-electron chi connectivity index (χ2n) is 6.09. The van der Waals surface area contributed by atoms with Crippen molar-refractivity contribution in [2.24, 2.45) is 0 Å². The van der Waals surface area contributed by atoms with Gasteiger partial charge in [0.2, 0.25) is 0 Å². The van der Waals surface area contributed by atoms with Gasteiger partial charge in [0.05, 0.1) is 18.8 Å². The lowest BCUT2D eigenvalue weighted by molar-refractivity contribution is -0.113. The standard InChI is InChI=1S/C17H19N3O3S/c1-10-18-16(23-20-10)14-12-7-8-22-9-13(12)24-17(14)19-15(21)11-5-3-2-4-6-11/h5H,2-4,6-9H2,1H3,(H,19,21). The molecule has 2 aromatic heterocycles. The smallest absolute Gasteiger partial charge is 0.261 e. The zero-order valence-corrected chi connectivity index (χ0v) is 14.4. The fourth-order valence-electron chi connectivity index (χ4n) is 3.17. The normalized spacial score (nSPS) is 17.3. The molecule has 6 nitrogen and oxygen atoms in total. The minimum Gasteiger partial charge on any atom is -0.376 e. The molecule has 1 aliphatic carbocycles. The first-order valence-corrected chi connectivity index (χ1v) is 9.07. The van der Waals surface area contributed by atoms with Gasteiger partial charge < -0.3 is 14.6 Å². The molecule has 1 N–H and O–H groups in total. The quantitative estimate of drug-likeness (QED) is 0.919. The van der Waals surface area contributed by atoms with Crippen LogP contribution in [-0.4, -0.2) is 22.7 Å². The van der Waals surface area contributed by atoms with Crippen LogP contribution in [0.5, 0.6) is 0 Å². The van der Waals surface area contributed by atoms with Crippen molar-refractivity contribution < 1.29 is 14.1 Å². The summed E-state index contributed by atoms with van der Waals surface area (Å²) >= 11 is 1.55. The van der Waals surface area contributed by atoms with Crippen LogP contribution in [0.25, 0.3) is 11.5 Å². The van der Waals surface area contributed by atoms with E-state index in [2.05, 4.69) is 15.5 Å². The zero-order chi connectivity index (χ0) is 16.5. The summed E-state index contributed by atoms with van der Waals surface area (Å²) in [4.78, 5) is 18.1. The summed E-state index contributed by atoms with van der Waals surface area (Å²) in [6.45, 7) is 3.03. The number of ether oxygens (including phenoxy) is 1. The van der Waals surface area contributed by atoms with Gasteiger partial charge in [-0.05, 0) is 44.6 Å². The topological polar surface area (TPSA) is 77.2 Å². The molecule has 0 spiro atoms. The van der Waals surface area contributed by atoms with Crippen molar-refractivity contribution in [1.29, 1.82) is 0 Å². The van der Waals surface area contributed by atoms with Crippen molar-refractivity contribution in [3.8, 4) is 11.5 Å². The van der Waals surface area contributed by atoms with Crippen LogP contribution < -0.4 is 5.32 Å². The summed E-state index contributed by atoms with van der Waals surface area (Å²) in [5.74, 6) is 1.04. The van der Waals surface area contributed by atoms with E-state index in [1.165, 1.54) is 0 Å². The predicted molar refractivity (Wildman–Crippen MR) is 90.9 cm³/mol. The van der Waals surface area contributed by atoms with E-state index in [0.29, 0.717) is 24.9 Å². The molecule has 0 radical (unpaired) electrons. The molecule has 7 heteroatoms. The molecule has 3 heterocycles. The van der Waals surface area contributed by atoms with Gasteiger partial charge in [0.15, 0.2) is 5.82 Å². The van der Waals surface area contributed by atoms with E-state index in [9.17, 15) is 4.79 Å². The highest BCUT2D eigenvalue weighted by atomic mass is 32.1. The number of anilines is 1. The third kappa shape index (κ3) is 2.89. The monoisotopic (exact) mass is 345 g/mol. The number of nitrogens with zero attached hydrogens (tertiary/aromatic N) is 2. The Hall–Kier alpha value is -1.99. The Balaban J connectivity index is 1.70. The van der Waals surface area contributed by atoms with E-state index in [0.717, 1.165) is 58.7 Å². The molecule has 4 rings (SSSR count). The summed E-state index contributed by atoms with van der Waals surface area (Å²) in [6, 6.07) is 0. The first-order valence-electron chi connectivity index (χ1n) is 8.25. The molecule has 1 aliphatic heterocycles. The summed E-state index contributed by atoms with van der Waals surface area (Å²) in [7, 11) is 0. The van der Waals surface area contributed by atoms with Crippen molar-refractivity contribution in [3.63, 3.8) is 0 Å². The summed E-state index contributed by atoms with van der Waals surface area (Å²) in [5, 5.41) is 7.75. The number of fused-ring (bicyclic) bond motifs is 1. The molecule has 2 aromatic rings. The number of carbonyl (C=O) groups is 1. The van der Waals surface area contributed by atoms with Gasteiger partial charge in [-0.25, -0.2) is 0 Å². The maximum Gasteiger partial charge on any atom is 0.261 e. The van der Waals surface area contributed by atoms with E-state index in [4.69, 9.17) is 9.26 Å². The maximum atomic E-state index is 12.6. The van der Waals surface area contributed by atoms with Crippen LogP contribution in [0.4, 0.5) is 5.00 Å². The molecule has 0 atom stereocenters. The van der Waals surface area contributed by atoms with E-state index in [-0.39, 0.29) is 5.91 Å². The summed E-state index contributed by atoms with van der Waals surface area (Å²) in [5.41, 5.74) is 2.89. The van der Waals surface area contributed by atoms with Gasteiger partial charge in [-0.3, -0.25) is 4.79 Å². The van der Waals surface area contributed by atoms with Crippen molar-refractivity contribution in [2.45, 2.75) is 45.6 Å². The molecule has 126 valence electrons.